The minimum Gasteiger partial charge on any atom is -0.355 e. The third-order valence-corrected chi connectivity index (χ3v) is 6.75. The summed E-state index contributed by atoms with van der Waals surface area (Å²) in [5.74, 6) is 2.38. The van der Waals surface area contributed by atoms with Gasteiger partial charge >= 0.3 is 0 Å². The maximum absolute atomic E-state index is 4.75. The Hall–Kier alpha value is -3.32. The second-order valence-corrected chi connectivity index (χ2v) is 8.52. The van der Waals surface area contributed by atoms with Crippen LogP contribution in [0, 0.1) is 0 Å². The second-order valence-electron chi connectivity index (χ2n) is 7.67. The molecule has 6 rings (SSSR count). The Balaban J connectivity index is 1.41. The number of hydrogen-bond donors (Lipinski definition) is 0. The van der Waals surface area contributed by atoms with Gasteiger partial charge in [-0.15, -0.1) is 21.5 Å². The normalized spacial score (nSPS) is 17.1. The van der Waals surface area contributed by atoms with Crippen LogP contribution in [-0.4, -0.2) is 37.7 Å². The summed E-state index contributed by atoms with van der Waals surface area (Å²) in [5.41, 5.74) is 3.32. The number of anilines is 1. The monoisotopic (exact) mass is 412 g/mol. The van der Waals surface area contributed by atoms with Gasteiger partial charge < -0.3 is 4.90 Å². The van der Waals surface area contributed by atoms with E-state index < -0.39 is 0 Å². The number of fused-ring (bicyclic) bond motifs is 2. The van der Waals surface area contributed by atoms with Gasteiger partial charge in [0.1, 0.15) is 22.8 Å². The van der Waals surface area contributed by atoms with Crippen molar-refractivity contribution in [3.8, 4) is 11.1 Å². The number of benzene rings is 1. The van der Waals surface area contributed by atoms with Gasteiger partial charge in [-0.2, -0.15) is 0 Å². The van der Waals surface area contributed by atoms with Gasteiger partial charge in [0.05, 0.1) is 5.39 Å². The van der Waals surface area contributed by atoms with Gasteiger partial charge in [-0.05, 0) is 30.5 Å². The number of aromatic nitrogens is 5. The maximum atomic E-state index is 4.75. The van der Waals surface area contributed by atoms with Crippen molar-refractivity contribution in [1.29, 1.82) is 0 Å². The molecule has 1 fully saturated rings. The summed E-state index contributed by atoms with van der Waals surface area (Å²) >= 11 is 1.68. The van der Waals surface area contributed by atoms with Gasteiger partial charge in [0.25, 0.3) is 0 Å². The van der Waals surface area contributed by atoms with Crippen LogP contribution in [0.15, 0.2) is 66.4 Å². The minimum absolute atomic E-state index is 0.319. The molecule has 0 saturated carbocycles. The highest BCUT2D eigenvalue weighted by Crippen LogP contribution is 2.39. The lowest BCUT2D eigenvalue weighted by Crippen LogP contribution is -2.35. The lowest BCUT2D eigenvalue weighted by Gasteiger charge is -2.33. The van der Waals surface area contributed by atoms with Crippen LogP contribution in [0.5, 0.6) is 0 Å². The Morgan fingerprint density at radius 2 is 1.87 bits per heavy atom. The number of piperidine rings is 1. The Morgan fingerprint density at radius 1 is 0.967 bits per heavy atom. The summed E-state index contributed by atoms with van der Waals surface area (Å²) in [4.78, 5) is 12.7. The summed E-state index contributed by atoms with van der Waals surface area (Å²) in [7, 11) is 0. The van der Waals surface area contributed by atoms with Crippen molar-refractivity contribution in [3.05, 3.63) is 72.3 Å². The Kier molecular flexibility index (Phi) is 4.19. The van der Waals surface area contributed by atoms with Gasteiger partial charge in [0.2, 0.25) is 0 Å². The van der Waals surface area contributed by atoms with Crippen LogP contribution in [-0.2, 0) is 0 Å². The quantitative estimate of drug-likeness (QED) is 0.427. The van der Waals surface area contributed by atoms with E-state index in [4.69, 9.17) is 4.98 Å². The number of thiophene rings is 1. The molecule has 0 N–H and O–H groups in total. The van der Waals surface area contributed by atoms with Gasteiger partial charge in [-0.3, -0.25) is 4.40 Å². The smallest absolute Gasteiger partial charge is 0.160 e. The summed E-state index contributed by atoms with van der Waals surface area (Å²) in [5, 5.41) is 12.2. The van der Waals surface area contributed by atoms with Crippen molar-refractivity contribution >= 4 is 33.0 Å². The van der Waals surface area contributed by atoms with Crippen molar-refractivity contribution in [2.75, 3.05) is 18.0 Å². The average Bonchev–Trinajstić information content (AvgIpc) is 3.44. The van der Waals surface area contributed by atoms with Gasteiger partial charge in [0.15, 0.2) is 5.65 Å². The largest absolute Gasteiger partial charge is 0.355 e. The minimum atomic E-state index is 0.319. The van der Waals surface area contributed by atoms with Crippen molar-refractivity contribution < 1.29 is 0 Å². The van der Waals surface area contributed by atoms with Crippen LogP contribution in [0.25, 0.3) is 27.0 Å². The summed E-state index contributed by atoms with van der Waals surface area (Å²) < 4.78 is 2.11. The number of hydrogen-bond acceptors (Lipinski definition) is 6. The van der Waals surface area contributed by atoms with Crippen LogP contribution in [0.3, 0.4) is 0 Å². The second kappa shape index (κ2) is 7.18. The SMILES string of the molecule is c1ccc(-c2csc3ncnc(N4CCCC(c5nnc6ccccn56)C4)c23)cc1. The zero-order valence-electron chi connectivity index (χ0n) is 16.3. The zero-order chi connectivity index (χ0) is 19.9. The molecule has 5 heterocycles. The van der Waals surface area contributed by atoms with E-state index in [1.54, 1.807) is 17.7 Å². The molecule has 0 bridgehead atoms. The molecular formula is C23H20N6S. The molecule has 1 unspecified atom stereocenters. The van der Waals surface area contributed by atoms with Crippen molar-refractivity contribution in [3.63, 3.8) is 0 Å². The fourth-order valence-electron chi connectivity index (χ4n) is 4.45. The predicted molar refractivity (Wildman–Crippen MR) is 120 cm³/mol. The first-order chi connectivity index (χ1) is 14.9. The highest BCUT2D eigenvalue weighted by molar-refractivity contribution is 7.17. The number of rotatable bonds is 3. The first-order valence-electron chi connectivity index (χ1n) is 10.2. The van der Waals surface area contributed by atoms with Crippen LogP contribution in [0.1, 0.15) is 24.6 Å². The third kappa shape index (κ3) is 2.85. The predicted octanol–water partition coefficient (Wildman–Crippen LogP) is 4.79. The lowest BCUT2D eigenvalue weighted by molar-refractivity contribution is 0.486. The molecule has 1 atom stereocenters. The Labute approximate surface area is 177 Å². The summed E-state index contributed by atoms with van der Waals surface area (Å²) in [6.07, 6.45) is 5.95. The molecule has 0 radical (unpaired) electrons. The van der Waals surface area contributed by atoms with Crippen molar-refractivity contribution in [2.24, 2.45) is 0 Å². The van der Waals surface area contributed by atoms with E-state index in [0.29, 0.717) is 5.92 Å². The number of pyridine rings is 1. The third-order valence-electron chi connectivity index (χ3n) is 5.86. The molecule has 1 aliphatic heterocycles. The standard InChI is InChI=1S/C23H20N6S/c1-2-7-16(8-3-1)18-14-30-23-20(18)22(24-15-25-23)28-11-6-9-17(13-28)21-27-26-19-10-4-5-12-29(19)21/h1-5,7-8,10,12,14-15,17H,6,9,11,13H2. The molecule has 148 valence electrons. The molecule has 30 heavy (non-hydrogen) atoms. The highest BCUT2D eigenvalue weighted by atomic mass is 32.1. The lowest BCUT2D eigenvalue weighted by atomic mass is 9.96. The van der Waals surface area contributed by atoms with Gasteiger partial charge in [0, 0.05) is 36.1 Å². The van der Waals surface area contributed by atoms with E-state index in [1.807, 2.05) is 24.3 Å². The van der Waals surface area contributed by atoms with E-state index in [0.717, 1.165) is 53.4 Å². The molecule has 7 heteroatoms. The molecule has 6 nitrogen and oxygen atoms in total. The fourth-order valence-corrected chi connectivity index (χ4v) is 5.36. The van der Waals surface area contributed by atoms with Crippen LogP contribution >= 0.6 is 11.3 Å². The van der Waals surface area contributed by atoms with E-state index in [-0.39, 0.29) is 0 Å². The summed E-state index contributed by atoms with van der Waals surface area (Å²) in [6.45, 7) is 1.87. The molecule has 0 amide bonds. The molecule has 4 aromatic heterocycles. The van der Waals surface area contributed by atoms with Crippen LogP contribution < -0.4 is 4.90 Å². The van der Waals surface area contributed by atoms with Crippen molar-refractivity contribution in [2.45, 2.75) is 18.8 Å². The molecule has 0 aliphatic carbocycles. The molecular weight excluding hydrogens is 392 g/mol. The van der Waals surface area contributed by atoms with E-state index in [1.165, 1.54) is 11.1 Å². The Bertz CT molecular complexity index is 1330. The Morgan fingerprint density at radius 3 is 2.80 bits per heavy atom. The van der Waals surface area contributed by atoms with E-state index >= 15 is 0 Å². The maximum Gasteiger partial charge on any atom is 0.160 e. The van der Waals surface area contributed by atoms with Crippen LogP contribution in [0.2, 0.25) is 0 Å². The van der Waals surface area contributed by atoms with Crippen LogP contribution in [0.4, 0.5) is 5.82 Å². The fraction of sp³-hybridized carbons (Fsp3) is 0.217. The summed E-state index contributed by atoms with van der Waals surface area (Å²) in [6, 6.07) is 16.5. The van der Waals surface area contributed by atoms with Gasteiger partial charge in [-0.25, -0.2) is 9.97 Å². The average molecular weight is 413 g/mol. The molecule has 1 aromatic carbocycles. The molecule has 1 saturated heterocycles. The van der Waals surface area contributed by atoms with Gasteiger partial charge in [-0.1, -0.05) is 36.4 Å². The number of nitrogens with zero attached hydrogens (tertiary/aromatic N) is 6. The van der Waals surface area contributed by atoms with E-state index in [2.05, 4.69) is 60.3 Å². The highest BCUT2D eigenvalue weighted by Gasteiger charge is 2.28. The first-order valence-corrected chi connectivity index (χ1v) is 11.1. The molecule has 1 aliphatic rings. The van der Waals surface area contributed by atoms with Crippen molar-refractivity contribution in [1.82, 2.24) is 24.6 Å². The molecule has 0 spiro atoms. The zero-order valence-corrected chi connectivity index (χ0v) is 17.2. The first kappa shape index (κ1) is 17.5. The van der Waals surface area contributed by atoms with E-state index in [9.17, 15) is 0 Å². The topological polar surface area (TPSA) is 59.2 Å². The molecule has 5 aromatic rings.